The average molecular weight is 373 g/mol. The number of piperidine rings is 1. The first kappa shape index (κ1) is 17.2. The van der Waals surface area contributed by atoms with Gasteiger partial charge < -0.3 is 9.32 Å². The fraction of sp³-hybridized carbons (Fsp3) is 0.304. The van der Waals surface area contributed by atoms with Gasteiger partial charge in [0.2, 0.25) is 0 Å². The Morgan fingerprint density at radius 1 is 1.00 bits per heavy atom. The van der Waals surface area contributed by atoms with E-state index < -0.39 is 0 Å². The minimum absolute atomic E-state index is 0.295. The van der Waals surface area contributed by atoms with Crippen molar-refractivity contribution in [2.45, 2.75) is 18.8 Å². The van der Waals surface area contributed by atoms with Crippen molar-refractivity contribution in [1.29, 1.82) is 0 Å². The molecule has 4 aromatic rings. The van der Waals surface area contributed by atoms with Crippen LogP contribution in [0.3, 0.4) is 0 Å². The van der Waals surface area contributed by atoms with Gasteiger partial charge in [-0.05, 0) is 74.3 Å². The molecule has 0 aliphatic carbocycles. The number of benzene rings is 2. The maximum Gasteiger partial charge on any atom is 0.344 e. The number of hydrogen-bond acceptors (Lipinski definition) is 4. The molecular weight excluding hydrogens is 350 g/mol. The van der Waals surface area contributed by atoms with E-state index in [-0.39, 0.29) is 5.63 Å². The maximum atomic E-state index is 12.7. The fourth-order valence-corrected chi connectivity index (χ4v) is 4.24. The summed E-state index contributed by atoms with van der Waals surface area (Å²) in [5.41, 5.74) is 4.01. The van der Waals surface area contributed by atoms with Gasteiger partial charge in [-0.3, -0.25) is 4.68 Å². The average Bonchev–Trinajstić information content (AvgIpc) is 3.07. The Bertz CT molecular complexity index is 1230. The number of rotatable bonds is 2. The molecule has 2 aromatic carbocycles. The van der Waals surface area contributed by atoms with Gasteiger partial charge in [-0.1, -0.05) is 18.2 Å². The van der Waals surface area contributed by atoms with Gasteiger partial charge in [-0.15, -0.1) is 0 Å². The van der Waals surface area contributed by atoms with Gasteiger partial charge >= 0.3 is 5.63 Å². The lowest BCUT2D eigenvalue weighted by Crippen LogP contribution is -2.29. The summed E-state index contributed by atoms with van der Waals surface area (Å²) in [6, 6.07) is 14.1. The number of fused-ring (bicyclic) bond motifs is 2. The van der Waals surface area contributed by atoms with E-state index >= 15 is 0 Å². The molecule has 0 N–H and O–H groups in total. The van der Waals surface area contributed by atoms with E-state index in [1.807, 2.05) is 37.5 Å². The van der Waals surface area contributed by atoms with Crippen LogP contribution in [0.2, 0.25) is 0 Å². The Kier molecular flexibility index (Phi) is 4.05. The molecule has 5 nitrogen and oxygen atoms in total. The molecule has 0 bridgehead atoms. The van der Waals surface area contributed by atoms with Crippen molar-refractivity contribution in [3.05, 3.63) is 64.6 Å². The molecule has 0 atom stereocenters. The molecule has 1 saturated heterocycles. The van der Waals surface area contributed by atoms with Crippen LogP contribution in [0.25, 0.3) is 33.0 Å². The van der Waals surface area contributed by atoms with Crippen LogP contribution in [0.15, 0.2) is 57.9 Å². The summed E-state index contributed by atoms with van der Waals surface area (Å²) in [7, 11) is 4.06. The molecule has 5 rings (SSSR count). The Balaban J connectivity index is 1.54. The van der Waals surface area contributed by atoms with Crippen LogP contribution in [0.1, 0.15) is 24.3 Å². The van der Waals surface area contributed by atoms with Gasteiger partial charge in [0.25, 0.3) is 0 Å². The summed E-state index contributed by atoms with van der Waals surface area (Å²) in [6.07, 6.45) is 4.25. The van der Waals surface area contributed by atoms with E-state index in [1.54, 1.807) is 4.68 Å². The number of aryl methyl sites for hydroxylation is 1. The highest BCUT2D eigenvalue weighted by Gasteiger charge is 2.19. The molecule has 3 heterocycles. The van der Waals surface area contributed by atoms with Crippen molar-refractivity contribution in [3.8, 4) is 11.1 Å². The molecule has 142 valence electrons. The zero-order valence-electron chi connectivity index (χ0n) is 16.2. The van der Waals surface area contributed by atoms with Gasteiger partial charge in [0.1, 0.15) is 5.58 Å². The lowest BCUT2D eigenvalue weighted by atomic mass is 9.89. The van der Waals surface area contributed by atoms with Crippen LogP contribution >= 0.6 is 0 Å². The molecule has 0 saturated carbocycles. The van der Waals surface area contributed by atoms with Crippen molar-refractivity contribution in [1.82, 2.24) is 14.7 Å². The van der Waals surface area contributed by atoms with Crippen molar-refractivity contribution >= 4 is 21.9 Å². The van der Waals surface area contributed by atoms with E-state index in [0.29, 0.717) is 17.1 Å². The first-order valence-corrected chi connectivity index (χ1v) is 9.77. The summed E-state index contributed by atoms with van der Waals surface area (Å²) in [5.74, 6) is 0.540. The Labute approximate surface area is 163 Å². The van der Waals surface area contributed by atoms with E-state index in [0.717, 1.165) is 47.8 Å². The highest BCUT2D eigenvalue weighted by molar-refractivity contribution is 5.87. The van der Waals surface area contributed by atoms with Gasteiger partial charge in [-0.25, -0.2) is 4.79 Å². The Morgan fingerprint density at radius 3 is 2.64 bits per heavy atom. The topological polar surface area (TPSA) is 51.3 Å². The van der Waals surface area contributed by atoms with Crippen molar-refractivity contribution in [2.75, 3.05) is 20.1 Å². The molecule has 2 aromatic heterocycles. The summed E-state index contributed by atoms with van der Waals surface area (Å²) in [5, 5.41) is 6.36. The molecular formula is C23H23N3O2. The van der Waals surface area contributed by atoms with Crippen molar-refractivity contribution < 1.29 is 4.42 Å². The lowest BCUT2D eigenvalue weighted by Gasteiger charge is -2.29. The van der Waals surface area contributed by atoms with Crippen molar-refractivity contribution in [3.63, 3.8) is 0 Å². The zero-order valence-corrected chi connectivity index (χ0v) is 16.2. The minimum atomic E-state index is -0.295. The first-order chi connectivity index (χ1) is 13.6. The quantitative estimate of drug-likeness (QED) is 0.495. The predicted molar refractivity (Wildman–Crippen MR) is 112 cm³/mol. The summed E-state index contributed by atoms with van der Waals surface area (Å²) >= 11 is 0. The summed E-state index contributed by atoms with van der Waals surface area (Å²) in [4.78, 5) is 15.1. The van der Waals surface area contributed by atoms with Crippen LogP contribution in [0.5, 0.6) is 0 Å². The molecule has 1 aliphatic heterocycles. The molecule has 0 unspecified atom stereocenters. The number of nitrogens with zero attached hydrogens (tertiary/aromatic N) is 3. The Morgan fingerprint density at radius 2 is 1.82 bits per heavy atom. The third-order valence-corrected chi connectivity index (χ3v) is 5.88. The van der Waals surface area contributed by atoms with Crippen LogP contribution in [-0.4, -0.2) is 34.8 Å². The van der Waals surface area contributed by atoms with Gasteiger partial charge in [0.15, 0.2) is 0 Å². The molecule has 0 amide bonds. The smallest absolute Gasteiger partial charge is 0.344 e. The van der Waals surface area contributed by atoms with Crippen LogP contribution < -0.4 is 5.63 Å². The summed E-state index contributed by atoms with van der Waals surface area (Å²) in [6.45, 7) is 2.23. The molecule has 0 radical (unpaired) electrons. The molecule has 1 aliphatic rings. The largest absolute Gasteiger partial charge is 0.422 e. The van der Waals surface area contributed by atoms with E-state index in [9.17, 15) is 4.79 Å². The van der Waals surface area contributed by atoms with Crippen molar-refractivity contribution in [2.24, 2.45) is 7.05 Å². The van der Waals surface area contributed by atoms with E-state index in [1.165, 1.54) is 5.56 Å². The van der Waals surface area contributed by atoms with E-state index in [4.69, 9.17) is 4.42 Å². The van der Waals surface area contributed by atoms with Gasteiger partial charge in [0, 0.05) is 24.0 Å². The second-order valence-corrected chi connectivity index (χ2v) is 7.90. The van der Waals surface area contributed by atoms with Crippen LogP contribution in [0, 0.1) is 0 Å². The summed E-state index contributed by atoms with van der Waals surface area (Å²) < 4.78 is 7.51. The standard InChI is InChI=1S/C23H23N3O2/c1-25-9-7-15(8-10-25)16-3-4-18-12-20(23(27)28-22(18)13-16)17-5-6-21-19(11-17)14-26(2)24-21/h3-6,11-15H,7-10H2,1-2H3. The maximum absolute atomic E-state index is 12.7. The van der Waals surface area contributed by atoms with Crippen LogP contribution in [0.4, 0.5) is 0 Å². The Hall–Kier alpha value is -2.92. The monoisotopic (exact) mass is 373 g/mol. The predicted octanol–water partition coefficient (Wildman–Crippen LogP) is 4.16. The lowest BCUT2D eigenvalue weighted by molar-refractivity contribution is 0.255. The molecule has 0 spiro atoms. The SMILES string of the molecule is CN1CCC(c2ccc3cc(-c4ccc5nn(C)cc5c4)c(=O)oc3c2)CC1. The fourth-order valence-electron chi connectivity index (χ4n) is 4.24. The number of aromatic nitrogens is 2. The van der Waals surface area contributed by atoms with Gasteiger partial charge in [-0.2, -0.15) is 5.10 Å². The van der Waals surface area contributed by atoms with Crippen LogP contribution in [-0.2, 0) is 7.05 Å². The highest BCUT2D eigenvalue weighted by atomic mass is 16.4. The zero-order chi connectivity index (χ0) is 19.3. The third kappa shape index (κ3) is 3.02. The first-order valence-electron chi connectivity index (χ1n) is 9.77. The van der Waals surface area contributed by atoms with Gasteiger partial charge in [0.05, 0.1) is 11.1 Å². The second kappa shape index (κ2) is 6.60. The minimum Gasteiger partial charge on any atom is -0.422 e. The normalized spacial score (nSPS) is 16.2. The second-order valence-electron chi connectivity index (χ2n) is 7.90. The molecule has 5 heteroatoms. The third-order valence-electron chi connectivity index (χ3n) is 5.88. The highest BCUT2D eigenvalue weighted by Crippen LogP contribution is 2.31. The number of hydrogen-bond donors (Lipinski definition) is 0. The molecule has 1 fully saturated rings. The molecule has 28 heavy (non-hydrogen) atoms. The number of likely N-dealkylation sites (tertiary alicyclic amines) is 1. The van der Waals surface area contributed by atoms with E-state index in [2.05, 4.69) is 35.2 Å².